The van der Waals surface area contributed by atoms with Gasteiger partial charge in [0, 0.05) is 17.9 Å². The quantitative estimate of drug-likeness (QED) is 0.122. The van der Waals surface area contributed by atoms with Crippen LogP contribution in [0, 0.1) is 44.8 Å². The van der Waals surface area contributed by atoms with Crippen molar-refractivity contribution in [1.82, 2.24) is 9.67 Å². The van der Waals surface area contributed by atoms with E-state index in [1.807, 2.05) is 13.8 Å². The number of fused-ring (bicyclic) bond motifs is 2. The predicted octanol–water partition coefficient (Wildman–Crippen LogP) is 5.62. The van der Waals surface area contributed by atoms with E-state index in [1.54, 1.807) is 0 Å². The van der Waals surface area contributed by atoms with Crippen LogP contribution in [0.15, 0.2) is 0 Å². The van der Waals surface area contributed by atoms with Crippen molar-refractivity contribution in [3.8, 4) is 0 Å². The van der Waals surface area contributed by atoms with Gasteiger partial charge < -0.3 is 24.8 Å². The predicted molar refractivity (Wildman–Crippen MR) is 174 cm³/mol. The van der Waals surface area contributed by atoms with E-state index in [0.29, 0.717) is 31.7 Å². The van der Waals surface area contributed by atoms with Crippen LogP contribution in [0.3, 0.4) is 0 Å². The standard InChI is InChI=1S/C35H58Cl2N2O6/c1-29(2)24(44-28(42)20(39-37)9-8-16-38-36)11-13-35-19-34(35)15-14-31(5)27(33(7)12-10-25(45-33)30(3,4)43)22(41)18-32(31,6)23(34)17-21(40)26(29)35/h20-27,38-41,43H,8-19H2,1-7H3/t20-,21+,22+,23?,24+,25+,26+,27+,31-,32+,33-,34?,35-/m1/s1. The molecule has 6 fully saturated rings. The van der Waals surface area contributed by atoms with Crippen LogP contribution >= 0.6 is 23.6 Å². The highest BCUT2D eigenvalue weighted by molar-refractivity contribution is 6.14. The summed E-state index contributed by atoms with van der Waals surface area (Å²) in [5.74, 6) is -0.0304. The second-order valence-electron chi connectivity index (χ2n) is 18.0. The lowest BCUT2D eigenvalue weighted by Gasteiger charge is -2.64. The Bertz CT molecular complexity index is 1170. The summed E-state index contributed by atoms with van der Waals surface area (Å²) in [7, 11) is 0. The number of rotatable bonds is 9. The number of aliphatic hydroxyl groups excluding tert-OH is 2. The highest BCUT2D eigenvalue weighted by atomic mass is 35.5. The summed E-state index contributed by atoms with van der Waals surface area (Å²) in [6.45, 7) is 15.6. The first-order chi connectivity index (χ1) is 20.9. The van der Waals surface area contributed by atoms with E-state index in [4.69, 9.17) is 33.0 Å². The fourth-order valence-corrected chi connectivity index (χ4v) is 13.5. The first kappa shape index (κ1) is 34.7. The Kier molecular flexibility index (Phi) is 8.60. The second-order valence-corrected chi connectivity index (χ2v) is 18.5. The smallest absolute Gasteiger partial charge is 0.324 e. The zero-order valence-corrected chi connectivity index (χ0v) is 29.9. The van der Waals surface area contributed by atoms with E-state index in [-0.39, 0.29) is 51.7 Å². The molecule has 6 aliphatic rings. The van der Waals surface area contributed by atoms with Crippen molar-refractivity contribution in [1.29, 1.82) is 0 Å². The van der Waals surface area contributed by atoms with Crippen molar-refractivity contribution in [3.63, 3.8) is 0 Å². The van der Waals surface area contributed by atoms with Gasteiger partial charge in [0.1, 0.15) is 12.1 Å². The van der Waals surface area contributed by atoms with Gasteiger partial charge in [0.05, 0.1) is 29.5 Å². The van der Waals surface area contributed by atoms with Gasteiger partial charge in [-0.1, -0.05) is 27.7 Å². The summed E-state index contributed by atoms with van der Waals surface area (Å²) in [5.41, 5.74) is -1.96. The van der Waals surface area contributed by atoms with Gasteiger partial charge in [-0.2, -0.15) is 0 Å². The third-order valence-corrected chi connectivity index (χ3v) is 15.6. The van der Waals surface area contributed by atoms with Crippen molar-refractivity contribution in [3.05, 3.63) is 0 Å². The van der Waals surface area contributed by atoms with Crippen LogP contribution in [0.1, 0.15) is 119 Å². The van der Waals surface area contributed by atoms with Crippen molar-refractivity contribution < 1.29 is 29.6 Å². The van der Waals surface area contributed by atoms with Crippen LogP contribution in [-0.2, 0) is 14.3 Å². The van der Waals surface area contributed by atoms with Crippen LogP contribution in [0.2, 0.25) is 0 Å². The fraction of sp³-hybridized carbons (Fsp3) is 0.971. The molecule has 6 rings (SSSR count). The van der Waals surface area contributed by atoms with Gasteiger partial charge in [0.2, 0.25) is 0 Å². The molecule has 0 aromatic rings. The first-order valence-electron chi connectivity index (χ1n) is 17.5. The molecule has 1 saturated heterocycles. The maximum atomic E-state index is 13.2. The SMILES string of the molecule is CC(C)(O)[C@@H]1CC[C@](C)([C@H]2[C@@H](O)C[C@@]3(C)C4C[C@H](O)[C@H]5C(C)(C)[C@@H](OC(=O)[C@@H](CCCNCl)NCl)CC[C@@]56CC46CC[C@]23C)O1. The average molecular weight is 674 g/mol. The third-order valence-electron chi connectivity index (χ3n) is 15.2. The molecule has 258 valence electrons. The van der Waals surface area contributed by atoms with Crippen molar-refractivity contribution in [2.24, 2.45) is 44.8 Å². The average Bonchev–Trinajstić information content (AvgIpc) is 3.29. The Hall–Kier alpha value is -0.190. The van der Waals surface area contributed by atoms with Crippen LogP contribution in [0.5, 0.6) is 0 Å². The van der Waals surface area contributed by atoms with E-state index in [9.17, 15) is 20.1 Å². The normalized spacial score (nSPS) is 50.6. The molecule has 45 heavy (non-hydrogen) atoms. The number of carbonyl (C=O) groups excluding carboxylic acids is 1. The molecule has 5 N–H and O–H groups in total. The lowest BCUT2D eigenvalue weighted by atomic mass is 9.41. The Morgan fingerprint density at radius 3 is 2.31 bits per heavy atom. The second kappa shape index (κ2) is 11.2. The lowest BCUT2D eigenvalue weighted by molar-refractivity contribution is -0.218. The van der Waals surface area contributed by atoms with Crippen molar-refractivity contribution >= 4 is 29.5 Å². The number of esters is 1. The molecule has 1 aliphatic heterocycles. The summed E-state index contributed by atoms with van der Waals surface area (Å²) < 4.78 is 12.9. The van der Waals surface area contributed by atoms with Gasteiger partial charge in [-0.25, -0.2) is 9.67 Å². The molecule has 0 radical (unpaired) electrons. The molecule has 1 heterocycles. The molecule has 13 atom stereocenters. The van der Waals surface area contributed by atoms with Gasteiger partial charge in [0.25, 0.3) is 0 Å². The molecular formula is C35H58Cl2N2O6. The topological polar surface area (TPSA) is 120 Å². The summed E-state index contributed by atoms with van der Waals surface area (Å²) in [4.78, 5) is 18.4. The molecule has 0 aromatic carbocycles. The number of aliphatic hydroxyl groups is 3. The summed E-state index contributed by atoms with van der Waals surface area (Å²) >= 11 is 11.5. The van der Waals surface area contributed by atoms with Gasteiger partial charge in [-0.05, 0) is 148 Å². The maximum absolute atomic E-state index is 13.2. The minimum Gasteiger partial charge on any atom is -0.461 e. The molecule has 2 spiro atoms. The number of halogens is 2. The van der Waals surface area contributed by atoms with E-state index >= 15 is 0 Å². The molecule has 8 nitrogen and oxygen atoms in total. The Morgan fingerprint density at radius 1 is 0.978 bits per heavy atom. The molecule has 0 amide bonds. The molecule has 0 aromatic heterocycles. The number of hydrogen-bond donors (Lipinski definition) is 5. The molecule has 0 bridgehead atoms. The molecule has 10 heteroatoms. The van der Waals surface area contributed by atoms with Crippen molar-refractivity contribution in [2.75, 3.05) is 6.54 Å². The zero-order chi connectivity index (χ0) is 33.0. The molecule has 5 aliphatic carbocycles. The van der Waals surface area contributed by atoms with E-state index in [2.05, 4.69) is 44.3 Å². The monoisotopic (exact) mass is 672 g/mol. The Morgan fingerprint density at radius 2 is 1.69 bits per heavy atom. The summed E-state index contributed by atoms with van der Waals surface area (Å²) in [5, 5.41) is 34.8. The van der Waals surface area contributed by atoms with Gasteiger partial charge in [-0.3, -0.25) is 4.79 Å². The number of nitrogens with one attached hydrogen (secondary N) is 2. The maximum Gasteiger partial charge on any atom is 0.324 e. The van der Waals surface area contributed by atoms with Crippen LogP contribution < -0.4 is 9.67 Å². The van der Waals surface area contributed by atoms with Gasteiger partial charge in [0.15, 0.2) is 0 Å². The number of carbonyl (C=O) groups is 1. The van der Waals surface area contributed by atoms with Gasteiger partial charge >= 0.3 is 5.97 Å². The van der Waals surface area contributed by atoms with Crippen LogP contribution in [0.25, 0.3) is 0 Å². The molecular weight excluding hydrogens is 615 g/mol. The van der Waals surface area contributed by atoms with E-state index < -0.39 is 34.9 Å². The molecule has 5 saturated carbocycles. The minimum absolute atomic E-state index is 0.0189. The highest BCUT2D eigenvalue weighted by Crippen LogP contribution is 2.89. The third kappa shape index (κ3) is 4.84. The van der Waals surface area contributed by atoms with Gasteiger partial charge in [-0.15, -0.1) is 0 Å². The van der Waals surface area contributed by atoms with Crippen LogP contribution in [-0.4, -0.2) is 69.5 Å². The first-order valence-corrected chi connectivity index (χ1v) is 18.3. The van der Waals surface area contributed by atoms with Crippen molar-refractivity contribution in [2.45, 2.75) is 161 Å². The largest absolute Gasteiger partial charge is 0.461 e. The molecule has 2 unspecified atom stereocenters. The van der Waals surface area contributed by atoms with Crippen LogP contribution in [0.4, 0.5) is 0 Å². The minimum atomic E-state index is -0.923. The highest BCUT2D eigenvalue weighted by Gasteiger charge is 2.85. The summed E-state index contributed by atoms with van der Waals surface area (Å²) in [6.07, 6.45) is 7.66. The Balaban J connectivity index is 1.24. The number of ether oxygens (including phenoxy) is 2. The Labute approximate surface area is 280 Å². The van der Waals surface area contributed by atoms with E-state index in [0.717, 1.165) is 51.4 Å². The summed E-state index contributed by atoms with van der Waals surface area (Å²) in [6, 6.07) is -0.613. The number of hydrogen-bond acceptors (Lipinski definition) is 8. The van der Waals surface area contributed by atoms with E-state index in [1.165, 1.54) is 0 Å². The fourth-order valence-electron chi connectivity index (χ4n) is 13.1. The lowest BCUT2D eigenvalue weighted by Crippen LogP contribution is -2.62. The zero-order valence-electron chi connectivity index (χ0n) is 28.4.